The molecule has 3 aromatic rings. The normalized spacial score (nSPS) is 11.1. The molecule has 0 amide bonds. The van der Waals surface area contributed by atoms with Gasteiger partial charge in [0.2, 0.25) is 0 Å². The van der Waals surface area contributed by atoms with Gasteiger partial charge in [-0.15, -0.1) is 0 Å². The maximum atomic E-state index is 6.19. The van der Waals surface area contributed by atoms with Gasteiger partial charge in [0.25, 0.3) is 0 Å². The molecule has 1 N–H and O–H groups in total. The molecule has 1 heterocycles. The molecule has 1 aromatic heterocycles. The molecule has 0 bridgehead atoms. The minimum Gasteiger partial charge on any atom is -0.338 e. The maximum absolute atomic E-state index is 6.19. The van der Waals surface area contributed by atoms with Crippen molar-refractivity contribution >= 4 is 34.2 Å². The van der Waals surface area contributed by atoms with Crippen molar-refractivity contribution in [2.24, 2.45) is 0 Å². The Balaban J connectivity index is 2.30. The van der Waals surface area contributed by atoms with Gasteiger partial charge >= 0.3 is 0 Å². The number of para-hydroxylation sites is 1. The first-order valence-electron chi connectivity index (χ1n) is 5.56. The number of imidazole rings is 1. The summed E-state index contributed by atoms with van der Waals surface area (Å²) in [5, 5.41) is 1.19. The Morgan fingerprint density at radius 2 is 1.67 bits per heavy atom. The molecule has 0 saturated carbocycles. The van der Waals surface area contributed by atoms with Crippen molar-refractivity contribution in [2.45, 2.75) is 6.92 Å². The van der Waals surface area contributed by atoms with E-state index in [0.29, 0.717) is 15.9 Å². The van der Waals surface area contributed by atoms with E-state index in [-0.39, 0.29) is 0 Å². The number of H-pyrrole nitrogens is 1. The van der Waals surface area contributed by atoms with E-state index in [4.69, 9.17) is 23.2 Å². The van der Waals surface area contributed by atoms with Gasteiger partial charge in [0.15, 0.2) is 0 Å². The summed E-state index contributed by atoms with van der Waals surface area (Å²) in [4.78, 5) is 7.83. The Labute approximate surface area is 115 Å². The molecule has 0 aliphatic carbocycles. The minimum atomic E-state index is 0.596. The topological polar surface area (TPSA) is 28.7 Å². The molecule has 0 aliphatic heterocycles. The Hall–Kier alpha value is -1.51. The van der Waals surface area contributed by atoms with Crippen LogP contribution >= 0.6 is 23.2 Å². The predicted octanol–water partition coefficient (Wildman–Crippen LogP) is 4.85. The second-order valence-electron chi connectivity index (χ2n) is 4.15. The summed E-state index contributed by atoms with van der Waals surface area (Å²) < 4.78 is 0. The number of halogens is 2. The number of fused-ring (bicyclic) bond motifs is 1. The van der Waals surface area contributed by atoms with Crippen molar-refractivity contribution in [3.63, 3.8) is 0 Å². The monoisotopic (exact) mass is 276 g/mol. The zero-order valence-corrected chi connectivity index (χ0v) is 11.2. The van der Waals surface area contributed by atoms with Crippen LogP contribution in [-0.2, 0) is 0 Å². The SMILES string of the molecule is Cc1cccc2[nH]c(-c3c(Cl)cccc3Cl)nc12. The quantitative estimate of drug-likeness (QED) is 0.677. The second-order valence-corrected chi connectivity index (χ2v) is 4.97. The highest BCUT2D eigenvalue weighted by molar-refractivity contribution is 6.39. The van der Waals surface area contributed by atoms with Crippen LogP contribution in [0.2, 0.25) is 10.0 Å². The van der Waals surface area contributed by atoms with E-state index < -0.39 is 0 Å². The minimum absolute atomic E-state index is 0.596. The molecule has 0 fully saturated rings. The highest BCUT2D eigenvalue weighted by Gasteiger charge is 2.13. The fourth-order valence-corrected chi connectivity index (χ4v) is 2.59. The van der Waals surface area contributed by atoms with Gasteiger partial charge in [0, 0.05) is 0 Å². The highest BCUT2D eigenvalue weighted by atomic mass is 35.5. The van der Waals surface area contributed by atoms with Gasteiger partial charge in [-0.25, -0.2) is 4.98 Å². The average molecular weight is 277 g/mol. The summed E-state index contributed by atoms with van der Waals surface area (Å²) >= 11 is 12.4. The van der Waals surface area contributed by atoms with Crippen LogP contribution in [0.15, 0.2) is 36.4 Å². The first kappa shape index (κ1) is 11.6. The van der Waals surface area contributed by atoms with Crippen molar-refractivity contribution < 1.29 is 0 Å². The third-order valence-corrected chi connectivity index (χ3v) is 3.54. The molecule has 0 radical (unpaired) electrons. The van der Waals surface area contributed by atoms with Crippen LogP contribution in [0, 0.1) is 6.92 Å². The lowest BCUT2D eigenvalue weighted by Crippen LogP contribution is -1.83. The lowest BCUT2D eigenvalue weighted by atomic mass is 10.2. The van der Waals surface area contributed by atoms with E-state index in [9.17, 15) is 0 Å². The predicted molar refractivity (Wildman–Crippen MR) is 76.3 cm³/mol. The number of rotatable bonds is 1. The maximum Gasteiger partial charge on any atom is 0.141 e. The highest BCUT2D eigenvalue weighted by Crippen LogP contribution is 2.34. The molecule has 18 heavy (non-hydrogen) atoms. The summed E-state index contributed by atoms with van der Waals surface area (Å²) in [6, 6.07) is 11.5. The fourth-order valence-electron chi connectivity index (χ4n) is 2.02. The molecule has 90 valence electrons. The molecule has 0 aliphatic rings. The van der Waals surface area contributed by atoms with Crippen LogP contribution in [0.5, 0.6) is 0 Å². The molecule has 0 unspecified atom stereocenters. The van der Waals surface area contributed by atoms with Crippen LogP contribution in [0.3, 0.4) is 0 Å². The number of nitrogens with zero attached hydrogens (tertiary/aromatic N) is 1. The fraction of sp³-hybridized carbons (Fsp3) is 0.0714. The van der Waals surface area contributed by atoms with Crippen LogP contribution in [0.4, 0.5) is 0 Å². The van der Waals surface area contributed by atoms with E-state index in [1.807, 2.05) is 43.3 Å². The van der Waals surface area contributed by atoms with Gasteiger partial charge in [0.1, 0.15) is 5.82 Å². The summed E-state index contributed by atoms with van der Waals surface area (Å²) in [6.07, 6.45) is 0. The number of hydrogen-bond donors (Lipinski definition) is 1. The Morgan fingerprint density at radius 1 is 1.00 bits per heavy atom. The lowest BCUT2D eigenvalue weighted by Gasteiger charge is -2.02. The summed E-state index contributed by atoms with van der Waals surface area (Å²) in [7, 11) is 0. The van der Waals surface area contributed by atoms with Crippen LogP contribution in [0.25, 0.3) is 22.4 Å². The molecular weight excluding hydrogens is 267 g/mol. The van der Waals surface area contributed by atoms with Gasteiger partial charge in [-0.3, -0.25) is 0 Å². The van der Waals surface area contributed by atoms with Gasteiger partial charge < -0.3 is 4.98 Å². The van der Waals surface area contributed by atoms with Gasteiger partial charge in [0.05, 0.1) is 26.6 Å². The second kappa shape index (κ2) is 4.30. The van der Waals surface area contributed by atoms with E-state index >= 15 is 0 Å². The third-order valence-electron chi connectivity index (χ3n) is 2.91. The Kier molecular flexibility index (Phi) is 2.77. The van der Waals surface area contributed by atoms with E-state index in [1.165, 1.54) is 0 Å². The number of benzene rings is 2. The van der Waals surface area contributed by atoms with Crippen molar-refractivity contribution in [1.29, 1.82) is 0 Å². The molecule has 0 atom stereocenters. The third kappa shape index (κ3) is 1.78. The lowest BCUT2D eigenvalue weighted by molar-refractivity contribution is 1.33. The van der Waals surface area contributed by atoms with E-state index in [2.05, 4.69) is 9.97 Å². The zero-order valence-electron chi connectivity index (χ0n) is 9.67. The van der Waals surface area contributed by atoms with Crippen molar-refractivity contribution in [3.05, 3.63) is 52.0 Å². The molecule has 0 saturated heterocycles. The molecule has 4 heteroatoms. The molecule has 0 spiro atoms. The first-order valence-corrected chi connectivity index (χ1v) is 6.32. The molecule has 2 aromatic carbocycles. The van der Waals surface area contributed by atoms with E-state index in [0.717, 1.165) is 22.2 Å². The smallest absolute Gasteiger partial charge is 0.141 e. The van der Waals surface area contributed by atoms with E-state index in [1.54, 1.807) is 0 Å². The summed E-state index contributed by atoms with van der Waals surface area (Å²) in [6.45, 7) is 2.03. The number of aryl methyl sites for hydroxylation is 1. The Morgan fingerprint density at radius 3 is 2.33 bits per heavy atom. The number of hydrogen-bond acceptors (Lipinski definition) is 1. The van der Waals surface area contributed by atoms with Crippen LogP contribution in [0.1, 0.15) is 5.56 Å². The number of aromatic amines is 1. The zero-order chi connectivity index (χ0) is 12.7. The first-order chi connectivity index (χ1) is 8.66. The van der Waals surface area contributed by atoms with Gasteiger partial charge in [-0.05, 0) is 30.7 Å². The largest absolute Gasteiger partial charge is 0.338 e. The standard InChI is InChI=1S/C14H10Cl2N2/c1-8-4-2-7-11-13(8)18-14(17-11)12-9(15)5-3-6-10(12)16/h2-7H,1H3,(H,17,18). The summed E-state index contributed by atoms with van der Waals surface area (Å²) in [5.74, 6) is 0.704. The molecule has 2 nitrogen and oxygen atoms in total. The van der Waals surface area contributed by atoms with Crippen LogP contribution < -0.4 is 0 Å². The van der Waals surface area contributed by atoms with Crippen molar-refractivity contribution in [3.8, 4) is 11.4 Å². The van der Waals surface area contributed by atoms with Gasteiger partial charge in [-0.2, -0.15) is 0 Å². The van der Waals surface area contributed by atoms with Crippen LogP contribution in [-0.4, -0.2) is 9.97 Å². The molecule has 3 rings (SSSR count). The number of nitrogens with one attached hydrogen (secondary N) is 1. The number of aromatic nitrogens is 2. The average Bonchev–Trinajstić information content (AvgIpc) is 2.74. The Bertz CT molecular complexity index is 711. The van der Waals surface area contributed by atoms with Crippen molar-refractivity contribution in [1.82, 2.24) is 9.97 Å². The summed E-state index contributed by atoms with van der Waals surface area (Å²) in [5.41, 5.74) is 3.80. The molecular formula is C14H10Cl2N2. The van der Waals surface area contributed by atoms with Gasteiger partial charge in [-0.1, -0.05) is 41.4 Å². The van der Waals surface area contributed by atoms with Crippen molar-refractivity contribution in [2.75, 3.05) is 0 Å².